The van der Waals surface area contributed by atoms with E-state index in [1.165, 1.54) is 0 Å². The lowest BCUT2D eigenvalue weighted by molar-refractivity contribution is -0.117. The number of fused-ring (bicyclic) bond motifs is 1. The van der Waals surface area contributed by atoms with Gasteiger partial charge in [0.25, 0.3) is 5.91 Å². The van der Waals surface area contributed by atoms with Crippen LogP contribution >= 0.6 is 11.3 Å². The highest BCUT2D eigenvalue weighted by atomic mass is 32.1. The first kappa shape index (κ1) is 21.8. The summed E-state index contributed by atoms with van der Waals surface area (Å²) in [5.74, 6) is 0.686. The van der Waals surface area contributed by atoms with Crippen LogP contribution in [0.4, 0.5) is 11.4 Å². The number of amides is 2. The van der Waals surface area contributed by atoms with Crippen LogP contribution in [0.5, 0.6) is 11.5 Å². The summed E-state index contributed by atoms with van der Waals surface area (Å²) in [6, 6.07) is 12.1. The SMILES string of the molecule is CCc1nc(CN(C)CC(=O)Nc2ccccc2C(=O)Nc2ccc3c(c2)OCO3)cs1. The molecule has 32 heavy (non-hydrogen) atoms. The Bertz CT molecular complexity index is 1130. The number of carbonyl (C=O) groups is 2. The van der Waals surface area contributed by atoms with Crippen LogP contribution < -0.4 is 20.1 Å². The molecule has 0 aliphatic carbocycles. The second-order valence-electron chi connectivity index (χ2n) is 7.37. The first-order valence-corrected chi connectivity index (χ1v) is 11.1. The van der Waals surface area contributed by atoms with E-state index in [0.29, 0.717) is 35.0 Å². The van der Waals surface area contributed by atoms with E-state index >= 15 is 0 Å². The second kappa shape index (κ2) is 9.80. The van der Waals surface area contributed by atoms with E-state index in [0.717, 1.165) is 17.1 Å². The van der Waals surface area contributed by atoms with Crippen LogP contribution in [0.2, 0.25) is 0 Å². The van der Waals surface area contributed by atoms with E-state index < -0.39 is 0 Å². The average molecular weight is 453 g/mol. The first-order chi connectivity index (χ1) is 15.5. The number of aryl methyl sites for hydroxylation is 1. The highest BCUT2D eigenvalue weighted by Crippen LogP contribution is 2.34. The number of rotatable bonds is 8. The number of likely N-dealkylation sites (N-methyl/N-ethyl adjacent to an activating group) is 1. The van der Waals surface area contributed by atoms with Gasteiger partial charge in [-0.05, 0) is 37.7 Å². The highest BCUT2D eigenvalue weighted by molar-refractivity contribution is 7.09. The largest absolute Gasteiger partial charge is 0.454 e. The molecular formula is C23H24N4O4S. The zero-order chi connectivity index (χ0) is 22.5. The van der Waals surface area contributed by atoms with Crippen molar-refractivity contribution in [2.75, 3.05) is 31.0 Å². The molecule has 2 amide bonds. The van der Waals surface area contributed by atoms with E-state index in [4.69, 9.17) is 9.47 Å². The van der Waals surface area contributed by atoms with Crippen LogP contribution in [0.1, 0.15) is 28.0 Å². The molecule has 166 valence electrons. The monoisotopic (exact) mass is 452 g/mol. The number of nitrogens with one attached hydrogen (secondary N) is 2. The minimum absolute atomic E-state index is 0.165. The zero-order valence-corrected chi connectivity index (χ0v) is 18.7. The molecule has 0 radical (unpaired) electrons. The number of benzene rings is 2. The molecule has 0 saturated carbocycles. The smallest absolute Gasteiger partial charge is 0.257 e. The van der Waals surface area contributed by atoms with Gasteiger partial charge in [-0.2, -0.15) is 0 Å². The van der Waals surface area contributed by atoms with Gasteiger partial charge < -0.3 is 20.1 Å². The molecule has 2 aromatic carbocycles. The maximum Gasteiger partial charge on any atom is 0.257 e. The third kappa shape index (κ3) is 5.24. The summed E-state index contributed by atoms with van der Waals surface area (Å²) in [4.78, 5) is 31.9. The minimum Gasteiger partial charge on any atom is -0.454 e. The fraction of sp³-hybridized carbons (Fsp3) is 0.261. The molecule has 9 heteroatoms. The number of aromatic nitrogens is 1. The van der Waals surface area contributed by atoms with Crippen molar-refractivity contribution in [3.05, 3.63) is 64.1 Å². The molecule has 1 aromatic heterocycles. The van der Waals surface area contributed by atoms with E-state index in [1.54, 1.807) is 53.8 Å². The standard InChI is InChI=1S/C23H24N4O4S/c1-3-22-24-16(13-32-22)11-27(2)12-21(28)26-18-7-5-4-6-17(18)23(29)25-15-8-9-19-20(10-15)31-14-30-19/h4-10,13H,3,11-12,14H2,1-2H3,(H,25,29)(H,26,28). The second-order valence-corrected chi connectivity index (χ2v) is 8.32. The summed E-state index contributed by atoms with van der Waals surface area (Å²) >= 11 is 1.63. The van der Waals surface area contributed by atoms with Gasteiger partial charge in [0.15, 0.2) is 11.5 Å². The Hall–Kier alpha value is -3.43. The molecule has 3 aromatic rings. The Morgan fingerprint density at radius 3 is 2.75 bits per heavy atom. The molecule has 2 heterocycles. The number of hydrogen-bond acceptors (Lipinski definition) is 7. The van der Waals surface area contributed by atoms with Gasteiger partial charge in [-0.1, -0.05) is 19.1 Å². The predicted octanol–water partition coefficient (Wildman–Crippen LogP) is 3.76. The molecule has 0 atom stereocenters. The number of para-hydroxylation sites is 1. The topological polar surface area (TPSA) is 92.8 Å². The van der Waals surface area contributed by atoms with E-state index in [-0.39, 0.29) is 25.2 Å². The van der Waals surface area contributed by atoms with Crippen LogP contribution in [0, 0.1) is 0 Å². The molecule has 0 unspecified atom stereocenters. The summed E-state index contributed by atoms with van der Waals surface area (Å²) in [6.45, 7) is 2.99. The van der Waals surface area contributed by atoms with Crippen LogP contribution in [-0.4, -0.2) is 42.1 Å². The fourth-order valence-corrected chi connectivity index (χ4v) is 4.05. The Morgan fingerprint density at radius 2 is 1.94 bits per heavy atom. The maximum absolute atomic E-state index is 12.9. The molecule has 0 bridgehead atoms. The Labute approximate surface area is 190 Å². The molecule has 4 rings (SSSR count). The minimum atomic E-state index is -0.331. The highest BCUT2D eigenvalue weighted by Gasteiger charge is 2.17. The number of ether oxygens (including phenoxy) is 2. The maximum atomic E-state index is 12.9. The fourth-order valence-electron chi connectivity index (χ4n) is 3.31. The van der Waals surface area contributed by atoms with Crippen LogP contribution in [0.25, 0.3) is 0 Å². The third-order valence-electron chi connectivity index (χ3n) is 4.82. The molecule has 0 spiro atoms. The molecular weight excluding hydrogens is 428 g/mol. The zero-order valence-electron chi connectivity index (χ0n) is 17.9. The molecule has 1 aliphatic heterocycles. The van der Waals surface area contributed by atoms with Gasteiger partial charge in [-0.25, -0.2) is 4.98 Å². The molecule has 0 saturated heterocycles. The summed E-state index contributed by atoms with van der Waals surface area (Å²) in [5.41, 5.74) is 2.35. The van der Waals surface area contributed by atoms with Gasteiger partial charge in [-0.3, -0.25) is 14.5 Å². The lowest BCUT2D eigenvalue weighted by atomic mass is 10.1. The van der Waals surface area contributed by atoms with Gasteiger partial charge in [0.2, 0.25) is 12.7 Å². The lowest BCUT2D eigenvalue weighted by Gasteiger charge is -2.16. The number of anilines is 2. The van der Waals surface area contributed by atoms with E-state index in [1.807, 2.05) is 17.3 Å². The summed E-state index contributed by atoms with van der Waals surface area (Å²) < 4.78 is 10.6. The Balaban J connectivity index is 1.38. The number of carbonyl (C=O) groups excluding carboxylic acids is 2. The van der Waals surface area contributed by atoms with Crippen LogP contribution in [0.15, 0.2) is 47.8 Å². The van der Waals surface area contributed by atoms with E-state index in [2.05, 4.69) is 22.5 Å². The molecule has 8 nitrogen and oxygen atoms in total. The summed E-state index contributed by atoms with van der Waals surface area (Å²) in [6.07, 6.45) is 0.903. The molecule has 1 aliphatic rings. The van der Waals surface area contributed by atoms with Crippen molar-refractivity contribution in [3.8, 4) is 11.5 Å². The van der Waals surface area contributed by atoms with Gasteiger partial charge in [0, 0.05) is 23.7 Å². The summed E-state index contributed by atoms with van der Waals surface area (Å²) in [5, 5.41) is 8.79. The van der Waals surface area contributed by atoms with Crippen LogP contribution in [0.3, 0.4) is 0 Å². The first-order valence-electron chi connectivity index (χ1n) is 10.2. The average Bonchev–Trinajstić information content (AvgIpc) is 3.42. The van der Waals surface area contributed by atoms with Gasteiger partial charge >= 0.3 is 0 Å². The van der Waals surface area contributed by atoms with Crippen LogP contribution in [-0.2, 0) is 17.8 Å². The Morgan fingerprint density at radius 1 is 1.12 bits per heavy atom. The van der Waals surface area contributed by atoms with E-state index in [9.17, 15) is 9.59 Å². The van der Waals surface area contributed by atoms with Crippen molar-refractivity contribution in [1.82, 2.24) is 9.88 Å². The van der Waals surface area contributed by atoms with Crippen molar-refractivity contribution >= 4 is 34.5 Å². The molecule has 0 fully saturated rings. The summed E-state index contributed by atoms with van der Waals surface area (Å²) in [7, 11) is 1.86. The van der Waals surface area contributed by atoms with Gasteiger partial charge in [-0.15, -0.1) is 11.3 Å². The van der Waals surface area contributed by atoms with Gasteiger partial charge in [0.05, 0.1) is 28.5 Å². The van der Waals surface area contributed by atoms with Crippen molar-refractivity contribution in [2.24, 2.45) is 0 Å². The number of hydrogen-bond donors (Lipinski definition) is 2. The third-order valence-corrected chi connectivity index (χ3v) is 5.87. The number of thiazole rings is 1. The van der Waals surface area contributed by atoms with Crippen molar-refractivity contribution in [3.63, 3.8) is 0 Å². The van der Waals surface area contributed by atoms with Gasteiger partial charge in [0.1, 0.15) is 0 Å². The predicted molar refractivity (Wildman–Crippen MR) is 123 cm³/mol. The van der Waals surface area contributed by atoms with Crippen molar-refractivity contribution in [1.29, 1.82) is 0 Å². The molecule has 2 N–H and O–H groups in total. The van der Waals surface area contributed by atoms with Crippen molar-refractivity contribution in [2.45, 2.75) is 19.9 Å². The Kier molecular flexibility index (Phi) is 6.67. The lowest BCUT2D eigenvalue weighted by Crippen LogP contribution is -2.30. The van der Waals surface area contributed by atoms with Crippen molar-refractivity contribution < 1.29 is 19.1 Å². The quantitative estimate of drug-likeness (QED) is 0.541. The number of nitrogens with zero attached hydrogens (tertiary/aromatic N) is 2. The normalized spacial score (nSPS) is 12.1.